The predicted octanol–water partition coefficient (Wildman–Crippen LogP) is 5.35. The summed E-state index contributed by atoms with van der Waals surface area (Å²) < 4.78 is 43.9. The zero-order valence-corrected chi connectivity index (χ0v) is 41.0. The lowest BCUT2D eigenvalue weighted by molar-refractivity contribution is -0.139. The number of likely N-dealkylation sites (N-methyl/N-ethyl adjacent to an activating group) is 1. The second-order valence-corrected chi connectivity index (χ2v) is 18.3. The Morgan fingerprint density at radius 1 is 0.761 bits per heavy atom. The predicted molar refractivity (Wildman–Crippen MR) is 262 cm³/mol. The van der Waals surface area contributed by atoms with Crippen molar-refractivity contribution in [1.29, 1.82) is 0 Å². The summed E-state index contributed by atoms with van der Waals surface area (Å²) in [4.78, 5) is 40.3. The van der Waals surface area contributed by atoms with E-state index in [-0.39, 0.29) is 36.6 Å². The van der Waals surface area contributed by atoms with Crippen molar-refractivity contribution in [3.63, 3.8) is 0 Å². The van der Waals surface area contributed by atoms with Gasteiger partial charge in [0, 0.05) is 59.5 Å². The second-order valence-electron chi connectivity index (χ2n) is 16.6. The Kier molecular flexibility index (Phi) is 26.9. The van der Waals surface area contributed by atoms with E-state index in [1.165, 1.54) is 28.6 Å². The number of hydrogen-bond donors (Lipinski definition) is 3. The van der Waals surface area contributed by atoms with Gasteiger partial charge in [0.1, 0.15) is 6.61 Å². The molecule has 3 aliphatic heterocycles. The van der Waals surface area contributed by atoms with Crippen molar-refractivity contribution in [3.05, 3.63) is 70.8 Å². The number of para-hydroxylation sites is 1. The highest BCUT2D eigenvalue weighted by atomic mass is 35.5. The van der Waals surface area contributed by atoms with E-state index in [1.54, 1.807) is 0 Å². The SMILES string of the molecule is CN(C/C=C/C(=O)OCCOCCOCCOCCOCCOCCOCCOCCNC(=O)CCCC[C@@H]1SC[C@@H]2NC(=O)N[C@@H]21)CCCCN1c2ccccc2CCc2ccc(Cl)cc21. The van der Waals surface area contributed by atoms with Gasteiger partial charge in [0.2, 0.25) is 5.91 Å². The van der Waals surface area contributed by atoms with Crippen LogP contribution < -0.4 is 20.9 Å². The van der Waals surface area contributed by atoms with Crippen molar-refractivity contribution in [2.45, 2.75) is 68.7 Å². The number of nitrogens with zero attached hydrogens (tertiary/aromatic N) is 2. The highest BCUT2D eigenvalue weighted by Gasteiger charge is 2.42. The quantitative estimate of drug-likeness (QED) is 0.0344. The third-order valence-electron chi connectivity index (χ3n) is 11.5. The molecule has 3 aliphatic rings. The number of carbonyl (C=O) groups excluding carboxylic acids is 3. The Labute approximate surface area is 406 Å². The lowest BCUT2D eigenvalue weighted by atomic mass is 10.0. The van der Waals surface area contributed by atoms with Crippen LogP contribution in [0.25, 0.3) is 0 Å². The number of ether oxygens (including phenoxy) is 8. The monoisotopic (exact) mass is 975 g/mol. The van der Waals surface area contributed by atoms with Crippen LogP contribution in [-0.4, -0.2) is 178 Å². The first-order valence-corrected chi connectivity index (χ1v) is 25.5. The number of rotatable bonds is 37. The molecule has 0 aromatic heterocycles. The molecule has 3 atom stereocenters. The number of nitrogens with one attached hydrogen (secondary N) is 3. The Morgan fingerprint density at radius 3 is 2.04 bits per heavy atom. The van der Waals surface area contributed by atoms with Gasteiger partial charge in [-0.25, -0.2) is 9.59 Å². The maximum atomic E-state index is 12.1. The van der Waals surface area contributed by atoms with E-state index in [1.807, 2.05) is 23.9 Å². The maximum Gasteiger partial charge on any atom is 0.330 e. The van der Waals surface area contributed by atoms with E-state index in [9.17, 15) is 14.4 Å². The number of amides is 3. The number of hydrogen-bond acceptors (Lipinski definition) is 14. The average Bonchev–Trinajstić information content (AvgIpc) is 3.84. The number of benzene rings is 2. The van der Waals surface area contributed by atoms with Crippen LogP contribution >= 0.6 is 23.4 Å². The summed E-state index contributed by atoms with van der Waals surface area (Å²) in [6.45, 7) is 9.33. The normalized spacial score (nSPS) is 17.6. The third-order valence-corrected chi connectivity index (χ3v) is 13.2. The topological polar surface area (TPSA) is 168 Å². The minimum atomic E-state index is -0.379. The van der Waals surface area contributed by atoms with Crippen molar-refractivity contribution in [2.24, 2.45) is 0 Å². The first kappa shape index (κ1) is 54.5. The molecule has 2 aromatic carbocycles. The van der Waals surface area contributed by atoms with Crippen molar-refractivity contribution in [2.75, 3.05) is 143 Å². The highest BCUT2D eigenvalue weighted by molar-refractivity contribution is 8.00. The van der Waals surface area contributed by atoms with Crippen molar-refractivity contribution in [1.82, 2.24) is 20.9 Å². The van der Waals surface area contributed by atoms with Gasteiger partial charge in [0.05, 0.1) is 105 Å². The maximum absolute atomic E-state index is 12.1. The van der Waals surface area contributed by atoms with E-state index in [2.05, 4.69) is 69.2 Å². The molecule has 2 aromatic rings. The molecule has 374 valence electrons. The van der Waals surface area contributed by atoms with Crippen LogP contribution in [-0.2, 0) is 60.3 Å². The van der Waals surface area contributed by atoms with E-state index in [0.717, 1.165) is 68.8 Å². The molecule has 3 N–H and O–H groups in total. The largest absolute Gasteiger partial charge is 0.460 e. The Bertz CT molecular complexity index is 1760. The lowest BCUT2D eigenvalue weighted by Gasteiger charge is -2.27. The number of fused-ring (bicyclic) bond motifs is 3. The molecule has 0 bridgehead atoms. The molecule has 0 radical (unpaired) electrons. The number of anilines is 2. The molecule has 0 unspecified atom stereocenters. The number of esters is 1. The van der Waals surface area contributed by atoms with Crippen LogP contribution in [0.4, 0.5) is 16.2 Å². The molecule has 2 fully saturated rings. The van der Waals surface area contributed by atoms with Crippen molar-refractivity contribution >= 4 is 52.6 Å². The molecule has 0 saturated carbocycles. The van der Waals surface area contributed by atoms with Crippen LogP contribution in [0.15, 0.2) is 54.6 Å². The van der Waals surface area contributed by atoms with Gasteiger partial charge in [-0.2, -0.15) is 11.8 Å². The lowest BCUT2D eigenvalue weighted by Crippen LogP contribution is -2.36. The molecule has 0 spiro atoms. The van der Waals surface area contributed by atoms with Crippen LogP contribution in [0.5, 0.6) is 0 Å². The Morgan fingerprint density at radius 2 is 1.37 bits per heavy atom. The van der Waals surface area contributed by atoms with Gasteiger partial charge >= 0.3 is 12.0 Å². The second kappa shape index (κ2) is 33.1. The van der Waals surface area contributed by atoms with Gasteiger partial charge in [-0.1, -0.05) is 48.4 Å². The minimum absolute atomic E-state index is 0.0384. The molecule has 3 amide bonds. The van der Waals surface area contributed by atoms with E-state index >= 15 is 0 Å². The molecular weight excluding hydrogens is 902 g/mol. The standard InChI is InChI=1S/C49H74ClN5O11S/c1-54(19-6-7-21-55-43-10-3-2-9-39(43)14-15-40-16-17-41(50)37-44(40)55)20-8-13-47(57)66-36-35-65-34-33-64-32-31-63-30-29-62-28-27-61-26-25-60-24-23-59-22-18-51-46(56)12-5-4-11-45-48-42(38-67-45)52-49(58)53-48/h2-3,8-10,13,16-17,37,42,45,48H,4-7,11-12,14-15,18-36,38H2,1H3,(H,51,56)(H2,52,53,58)/b13-8+/t42-,45-,48-/m0/s1. The fraction of sp³-hybridized carbons (Fsp3) is 0.653. The number of carbonyl (C=O) groups is 3. The van der Waals surface area contributed by atoms with Gasteiger partial charge in [-0.05, 0) is 81.4 Å². The molecule has 18 heteroatoms. The van der Waals surface area contributed by atoms with Crippen molar-refractivity contribution in [3.8, 4) is 0 Å². The summed E-state index contributed by atoms with van der Waals surface area (Å²) in [5, 5.41) is 10.0. The summed E-state index contributed by atoms with van der Waals surface area (Å²) in [5.74, 6) is 0.615. The Balaban J connectivity index is 0.704. The smallest absolute Gasteiger partial charge is 0.330 e. The highest BCUT2D eigenvalue weighted by Crippen LogP contribution is 2.38. The fourth-order valence-corrected chi connectivity index (χ4v) is 9.70. The number of halogens is 1. The van der Waals surface area contributed by atoms with E-state index in [0.29, 0.717) is 117 Å². The zero-order valence-electron chi connectivity index (χ0n) is 39.4. The average molecular weight is 977 g/mol. The number of thioether (sulfide) groups is 1. The number of urea groups is 1. The summed E-state index contributed by atoms with van der Waals surface area (Å²) in [6, 6.07) is 15.3. The Hall–Kier alpha value is -3.49. The summed E-state index contributed by atoms with van der Waals surface area (Å²) >= 11 is 8.32. The first-order chi connectivity index (χ1) is 32.9. The van der Waals surface area contributed by atoms with Crippen LogP contribution in [0.2, 0.25) is 5.02 Å². The van der Waals surface area contributed by atoms with Gasteiger partial charge in [-0.15, -0.1) is 0 Å². The minimum Gasteiger partial charge on any atom is -0.460 e. The fourth-order valence-electron chi connectivity index (χ4n) is 7.99. The van der Waals surface area contributed by atoms with Gasteiger partial charge in [0.25, 0.3) is 0 Å². The molecule has 3 heterocycles. The van der Waals surface area contributed by atoms with E-state index < -0.39 is 0 Å². The molecule has 5 rings (SSSR count). The molecule has 67 heavy (non-hydrogen) atoms. The van der Waals surface area contributed by atoms with Gasteiger partial charge in [0.15, 0.2) is 0 Å². The first-order valence-electron chi connectivity index (χ1n) is 24.0. The molecular formula is C49H74ClN5O11S. The molecule has 0 aliphatic carbocycles. The van der Waals surface area contributed by atoms with Gasteiger partial charge in [-0.3, -0.25) is 4.79 Å². The van der Waals surface area contributed by atoms with Gasteiger partial charge < -0.3 is 63.6 Å². The summed E-state index contributed by atoms with van der Waals surface area (Å²) in [6.07, 6.45) is 10.7. The van der Waals surface area contributed by atoms with Crippen LogP contribution in [0, 0.1) is 0 Å². The van der Waals surface area contributed by atoms with E-state index in [4.69, 9.17) is 49.5 Å². The number of unbranched alkanes of at least 4 members (excludes halogenated alkanes) is 2. The van der Waals surface area contributed by atoms with Crippen LogP contribution in [0.1, 0.15) is 49.7 Å². The van der Waals surface area contributed by atoms with Crippen molar-refractivity contribution < 1.29 is 52.3 Å². The summed E-state index contributed by atoms with van der Waals surface area (Å²) in [5.41, 5.74) is 5.18. The van der Waals surface area contributed by atoms with Crippen LogP contribution in [0.3, 0.4) is 0 Å². The zero-order chi connectivity index (χ0) is 47.2. The number of aryl methyl sites for hydroxylation is 2. The summed E-state index contributed by atoms with van der Waals surface area (Å²) in [7, 11) is 2.06. The third kappa shape index (κ3) is 21.8. The molecule has 2 saturated heterocycles. The molecule has 16 nitrogen and oxygen atoms in total.